The molecule has 2 aliphatic rings. The number of piperazine rings is 1. The second-order valence-corrected chi connectivity index (χ2v) is 6.74. The molecule has 140 valence electrons. The first-order chi connectivity index (χ1) is 13.1. The predicted molar refractivity (Wildman–Crippen MR) is 104 cm³/mol. The Hall–Kier alpha value is -3.07. The Labute approximate surface area is 157 Å². The Balaban J connectivity index is 1.46. The molecule has 2 aliphatic heterocycles. The van der Waals surface area contributed by atoms with Crippen molar-refractivity contribution in [1.82, 2.24) is 25.2 Å². The predicted octanol–water partition coefficient (Wildman–Crippen LogP) is 0.742. The van der Waals surface area contributed by atoms with Crippen LogP contribution >= 0.6 is 0 Å². The summed E-state index contributed by atoms with van der Waals surface area (Å²) < 4.78 is 0. The van der Waals surface area contributed by atoms with Crippen molar-refractivity contribution in [2.75, 3.05) is 50.5 Å². The van der Waals surface area contributed by atoms with Crippen LogP contribution < -0.4 is 15.5 Å². The Bertz CT molecular complexity index is 871. The summed E-state index contributed by atoms with van der Waals surface area (Å²) in [5.74, 6) is 1.52. The van der Waals surface area contributed by atoms with Gasteiger partial charge in [-0.3, -0.25) is 4.79 Å². The summed E-state index contributed by atoms with van der Waals surface area (Å²) in [5.41, 5.74) is 2.45. The van der Waals surface area contributed by atoms with Crippen molar-refractivity contribution >= 4 is 34.9 Å². The Morgan fingerprint density at radius 1 is 1.19 bits per heavy atom. The van der Waals surface area contributed by atoms with E-state index in [1.165, 1.54) is 4.90 Å². The van der Waals surface area contributed by atoms with E-state index in [4.69, 9.17) is 0 Å². The van der Waals surface area contributed by atoms with E-state index < -0.39 is 0 Å². The summed E-state index contributed by atoms with van der Waals surface area (Å²) in [7, 11) is 3.42. The molecule has 4 rings (SSSR count). The molecular formula is C18H22N8O. The molecule has 0 aromatic carbocycles. The third-order valence-corrected chi connectivity index (χ3v) is 4.56. The summed E-state index contributed by atoms with van der Waals surface area (Å²) in [4.78, 5) is 33.4. The molecule has 2 aromatic heterocycles. The summed E-state index contributed by atoms with van der Waals surface area (Å²) in [6.45, 7) is 3.94. The van der Waals surface area contributed by atoms with Gasteiger partial charge in [-0.05, 0) is 12.1 Å². The molecule has 0 radical (unpaired) electrons. The quantitative estimate of drug-likeness (QED) is 0.823. The summed E-state index contributed by atoms with van der Waals surface area (Å²) >= 11 is 0. The zero-order valence-electron chi connectivity index (χ0n) is 15.4. The van der Waals surface area contributed by atoms with E-state index >= 15 is 0 Å². The first-order valence-corrected chi connectivity index (χ1v) is 8.94. The molecule has 27 heavy (non-hydrogen) atoms. The molecule has 1 fully saturated rings. The number of carbonyl (C=O) groups excluding carboxylic acids is 1. The number of nitrogens with one attached hydrogen (secondary N) is 2. The lowest BCUT2D eigenvalue weighted by Crippen LogP contribution is -2.43. The highest BCUT2D eigenvalue weighted by Gasteiger charge is 2.23. The summed E-state index contributed by atoms with van der Waals surface area (Å²) in [6, 6.07) is 3.96. The van der Waals surface area contributed by atoms with Gasteiger partial charge in [0.15, 0.2) is 5.82 Å². The number of amides is 1. The summed E-state index contributed by atoms with van der Waals surface area (Å²) in [6.07, 6.45) is 4.02. The highest BCUT2D eigenvalue weighted by atomic mass is 16.2. The smallest absolute Gasteiger partial charge is 0.268 e. The molecule has 9 nitrogen and oxygen atoms in total. The molecule has 0 bridgehead atoms. The van der Waals surface area contributed by atoms with Crippen LogP contribution in [-0.2, 0) is 11.2 Å². The van der Waals surface area contributed by atoms with Crippen LogP contribution in [0.5, 0.6) is 0 Å². The number of anilines is 3. The van der Waals surface area contributed by atoms with Crippen LogP contribution in [0, 0.1) is 0 Å². The lowest BCUT2D eigenvalue weighted by atomic mass is 10.2. The maximum absolute atomic E-state index is 12.1. The fourth-order valence-electron chi connectivity index (χ4n) is 3.09. The van der Waals surface area contributed by atoms with Crippen LogP contribution in [0.1, 0.15) is 5.56 Å². The van der Waals surface area contributed by atoms with Crippen molar-refractivity contribution in [3.63, 3.8) is 0 Å². The molecule has 0 saturated carbocycles. The summed E-state index contributed by atoms with van der Waals surface area (Å²) in [5, 5.41) is 6.44. The van der Waals surface area contributed by atoms with Crippen LogP contribution in [0.15, 0.2) is 29.5 Å². The van der Waals surface area contributed by atoms with Crippen LogP contribution in [-0.4, -0.2) is 71.7 Å². The monoisotopic (exact) mass is 366 g/mol. The highest BCUT2D eigenvalue weighted by molar-refractivity contribution is 6.40. The highest BCUT2D eigenvalue weighted by Crippen LogP contribution is 2.26. The number of aromatic nitrogens is 3. The Morgan fingerprint density at radius 3 is 2.70 bits per heavy atom. The number of carbonyl (C=O) groups is 1. The van der Waals surface area contributed by atoms with Gasteiger partial charge in [0, 0.05) is 58.5 Å². The number of aliphatic imine (C=N–C) groups is 1. The molecule has 1 amide bonds. The minimum Gasteiger partial charge on any atom is -0.368 e. The number of hydrogen-bond donors (Lipinski definition) is 2. The van der Waals surface area contributed by atoms with Crippen LogP contribution in [0.2, 0.25) is 0 Å². The Kier molecular flexibility index (Phi) is 4.68. The number of rotatable bonds is 4. The maximum Gasteiger partial charge on any atom is 0.268 e. The van der Waals surface area contributed by atoms with E-state index in [0.29, 0.717) is 29.7 Å². The largest absolute Gasteiger partial charge is 0.368 e. The van der Waals surface area contributed by atoms with Gasteiger partial charge in [0.1, 0.15) is 11.5 Å². The van der Waals surface area contributed by atoms with Gasteiger partial charge in [-0.1, -0.05) is 0 Å². The van der Waals surface area contributed by atoms with Crippen LogP contribution in [0.4, 0.5) is 23.3 Å². The van der Waals surface area contributed by atoms with Crippen molar-refractivity contribution in [1.29, 1.82) is 0 Å². The van der Waals surface area contributed by atoms with E-state index in [9.17, 15) is 4.79 Å². The van der Waals surface area contributed by atoms with Crippen LogP contribution in [0.3, 0.4) is 0 Å². The molecule has 0 spiro atoms. The van der Waals surface area contributed by atoms with E-state index in [1.54, 1.807) is 20.3 Å². The molecular weight excluding hydrogens is 344 g/mol. The molecule has 0 aliphatic carbocycles. The average molecular weight is 366 g/mol. The molecule has 4 heterocycles. The van der Waals surface area contributed by atoms with Crippen molar-refractivity contribution in [2.45, 2.75) is 6.42 Å². The van der Waals surface area contributed by atoms with Gasteiger partial charge in [0.2, 0.25) is 5.95 Å². The van der Waals surface area contributed by atoms with Gasteiger partial charge >= 0.3 is 0 Å². The van der Waals surface area contributed by atoms with Crippen molar-refractivity contribution in [2.24, 2.45) is 4.99 Å². The fraction of sp³-hybridized carbons (Fsp3) is 0.389. The number of fused-ring (bicyclic) bond motifs is 1. The standard InChI is InChI=1S/C18H22N8O/c1-25(2)17(27)14-9-12-10-21-18(24-16(12)22-14)23-15-4-3-13(11-20-15)26-7-5-19-6-8-26/h3-4,10-11,19H,5-9H2,1-2H3,(H,20,21,23,24). The molecule has 0 atom stereocenters. The van der Waals surface area contributed by atoms with Crippen molar-refractivity contribution in [3.05, 3.63) is 30.1 Å². The number of hydrogen-bond acceptors (Lipinski definition) is 8. The van der Waals surface area contributed by atoms with Gasteiger partial charge in [-0.2, -0.15) is 4.98 Å². The number of nitrogens with zero attached hydrogens (tertiary/aromatic N) is 6. The van der Waals surface area contributed by atoms with E-state index in [-0.39, 0.29) is 5.91 Å². The van der Waals surface area contributed by atoms with E-state index in [1.807, 2.05) is 18.3 Å². The van der Waals surface area contributed by atoms with Gasteiger partial charge in [0.05, 0.1) is 11.9 Å². The first-order valence-electron chi connectivity index (χ1n) is 8.94. The lowest BCUT2D eigenvalue weighted by molar-refractivity contribution is -0.121. The molecule has 0 unspecified atom stereocenters. The van der Waals surface area contributed by atoms with Gasteiger partial charge in [-0.25, -0.2) is 15.0 Å². The zero-order chi connectivity index (χ0) is 18.8. The third-order valence-electron chi connectivity index (χ3n) is 4.56. The normalized spacial score (nSPS) is 15.9. The fourth-order valence-corrected chi connectivity index (χ4v) is 3.09. The van der Waals surface area contributed by atoms with Gasteiger partial charge < -0.3 is 20.4 Å². The minimum absolute atomic E-state index is 0.104. The van der Waals surface area contributed by atoms with E-state index in [0.717, 1.165) is 37.4 Å². The molecule has 9 heteroatoms. The van der Waals surface area contributed by atoms with Gasteiger partial charge in [0.25, 0.3) is 5.91 Å². The third kappa shape index (κ3) is 3.72. The first kappa shape index (κ1) is 17.3. The Morgan fingerprint density at radius 2 is 2.00 bits per heavy atom. The SMILES string of the molecule is CN(C)C(=O)C1=Nc2nc(Nc3ccc(N4CCNCC4)cn3)ncc2C1. The topological polar surface area (TPSA) is 98.6 Å². The molecule has 2 N–H and O–H groups in total. The maximum atomic E-state index is 12.1. The second-order valence-electron chi connectivity index (χ2n) is 6.74. The zero-order valence-corrected chi connectivity index (χ0v) is 15.4. The minimum atomic E-state index is -0.104. The van der Waals surface area contributed by atoms with Gasteiger partial charge in [-0.15, -0.1) is 0 Å². The lowest BCUT2D eigenvalue weighted by Gasteiger charge is -2.29. The van der Waals surface area contributed by atoms with E-state index in [2.05, 4.69) is 35.5 Å². The average Bonchev–Trinajstić information content (AvgIpc) is 3.12. The van der Waals surface area contributed by atoms with Crippen LogP contribution in [0.25, 0.3) is 0 Å². The molecule has 1 saturated heterocycles. The molecule has 2 aromatic rings. The van der Waals surface area contributed by atoms with Crippen molar-refractivity contribution < 1.29 is 4.79 Å². The van der Waals surface area contributed by atoms with Crippen molar-refractivity contribution in [3.8, 4) is 0 Å². The number of pyridine rings is 1. The second kappa shape index (κ2) is 7.28.